The lowest BCUT2D eigenvalue weighted by atomic mass is 10.1. The summed E-state index contributed by atoms with van der Waals surface area (Å²) in [5, 5.41) is 2.86. The van der Waals surface area contributed by atoms with Crippen molar-refractivity contribution >= 4 is 11.6 Å². The standard InChI is InChI=1S/C16H23N3O/c1-2-6-15(17)16(20)18-14-8-5-7-13(11-14)12-19-9-3-4-10-19/h2,5,7-8,11,15H,1,3-4,6,9-10,12,17H2,(H,18,20). The summed E-state index contributed by atoms with van der Waals surface area (Å²) in [5.41, 5.74) is 7.79. The van der Waals surface area contributed by atoms with E-state index in [9.17, 15) is 4.79 Å². The lowest BCUT2D eigenvalue weighted by Gasteiger charge is -2.16. The third-order valence-corrected chi connectivity index (χ3v) is 3.56. The van der Waals surface area contributed by atoms with Crippen LogP contribution in [-0.2, 0) is 11.3 Å². The van der Waals surface area contributed by atoms with Gasteiger partial charge < -0.3 is 11.1 Å². The first kappa shape index (κ1) is 14.8. The van der Waals surface area contributed by atoms with Crippen LogP contribution in [0.3, 0.4) is 0 Å². The summed E-state index contributed by atoms with van der Waals surface area (Å²) in [6, 6.07) is 7.45. The molecule has 1 amide bonds. The molecule has 1 aromatic rings. The summed E-state index contributed by atoms with van der Waals surface area (Å²) in [6.45, 7) is 6.88. The van der Waals surface area contributed by atoms with Crippen molar-refractivity contribution in [3.8, 4) is 0 Å². The highest BCUT2D eigenvalue weighted by atomic mass is 16.2. The van der Waals surface area contributed by atoms with E-state index < -0.39 is 6.04 Å². The van der Waals surface area contributed by atoms with Crippen molar-refractivity contribution in [3.05, 3.63) is 42.5 Å². The number of carbonyl (C=O) groups is 1. The lowest BCUT2D eigenvalue weighted by Crippen LogP contribution is -2.35. The molecule has 1 aromatic carbocycles. The summed E-state index contributed by atoms with van der Waals surface area (Å²) in [4.78, 5) is 14.3. The van der Waals surface area contributed by atoms with E-state index >= 15 is 0 Å². The van der Waals surface area contributed by atoms with E-state index in [0.29, 0.717) is 6.42 Å². The molecule has 20 heavy (non-hydrogen) atoms. The first-order valence-corrected chi connectivity index (χ1v) is 7.17. The molecule has 4 nitrogen and oxygen atoms in total. The fourth-order valence-corrected chi connectivity index (χ4v) is 2.47. The summed E-state index contributed by atoms with van der Waals surface area (Å²) >= 11 is 0. The molecular weight excluding hydrogens is 250 g/mol. The quantitative estimate of drug-likeness (QED) is 0.781. The summed E-state index contributed by atoms with van der Waals surface area (Å²) in [6.07, 6.45) is 4.72. The topological polar surface area (TPSA) is 58.4 Å². The second-order valence-electron chi connectivity index (χ2n) is 5.30. The molecule has 1 fully saturated rings. The molecule has 2 rings (SSSR count). The molecule has 108 valence electrons. The average molecular weight is 273 g/mol. The minimum absolute atomic E-state index is 0.164. The van der Waals surface area contributed by atoms with Gasteiger partial charge in [-0.3, -0.25) is 9.69 Å². The molecule has 0 spiro atoms. The molecule has 0 bridgehead atoms. The average Bonchev–Trinajstić information content (AvgIpc) is 2.92. The Hall–Kier alpha value is -1.65. The van der Waals surface area contributed by atoms with Crippen LogP contribution in [0.2, 0.25) is 0 Å². The molecule has 0 aliphatic carbocycles. The van der Waals surface area contributed by atoms with E-state index in [1.165, 1.54) is 31.5 Å². The maximum absolute atomic E-state index is 11.9. The van der Waals surface area contributed by atoms with Gasteiger partial charge in [0.2, 0.25) is 5.91 Å². The zero-order valence-corrected chi connectivity index (χ0v) is 11.8. The van der Waals surface area contributed by atoms with Gasteiger partial charge in [0.25, 0.3) is 0 Å². The van der Waals surface area contributed by atoms with Crippen LogP contribution in [0.1, 0.15) is 24.8 Å². The number of benzene rings is 1. The molecule has 1 unspecified atom stereocenters. The monoisotopic (exact) mass is 273 g/mol. The Morgan fingerprint density at radius 2 is 2.20 bits per heavy atom. The molecule has 0 radical (unpaired) electrons. The van der Waals surface area contributed by atoms with Gasteiger partial charge in [0.1, 0.15) is 0 Å². The maximum Gasteiger partial charge on any atom is 0.241 e. The van der Waals surface area contributed by atoms with Crippen LogP contribution < -0.4 is 11.1 Å². The van der Waals surface area contributed by atoms with Gasteiger partial charge in [-0.2, -0.15) is 0 Å². The van der Waals surface area contributed by atoms with Crippen molar-refractivity contribution in [3.63, 3.8) is 0 Å². The van der Waals surface area contributed by atoms with Gasteiger partial charge >= 0.3 is 0 Å². The lowest BCUT2D eigenvalue weighted by molar-refractivity contribution is -0.117. The van der Waals surface area contributed by atoms with E-state index in [2.05, 4.69) is 22.9 Å². The van der Waals surface area contributed by atoms with E-state index in [1.54, 1.807) is 6.08 Å². The summed E-state index contributed by atoms with van der Waals surface area (Å²) in [7, 11) is 0. The molecule has 0 aromatic heterocycles. The van der Waals surface area contributed by atoms with E-state index in [4.69, 9.17) is 5.73 Å². The SMILES string of the molecule is C=CCC(N)C(=O)Nc1cccc(CN2CCCC2)c1. The van der Waals surface area contributed by atoms with Crippen molar-refractivity contribution in [2.75, 3.05) is 18.4 Å². The smallest absolute Gasteiger partial charge is 0.241 e. The van der Waals surface area contributed by atoms with Crippen LogP contribution in [0.25, 0.3) is 0 Å². The fourth-order valence-electron chi connectivity index (χ4n) is 2.47. The molecule has 4 heteroatoms. The Bertz CT molecular complexity index is 467. The minimum atomic E-state index is -0.533. The van der Waals surface area contributed by atoms with Crippen molar-refractivity contribution < 1.29 is 4.79 Å². The third kappa shape index (κ3) is 4.18. The largest absolute Gasteiger partial charge is 0.325 e. The molecule has 0 saturated carbocycles. The first-order chi connectivity index (χ1) is 9.69. The molecular formula is C16H23N3O. The predicted octanol–water partition coefficient (Wildman–Crippen LogP) is 2.12. The maximum atomic E-state index is 11.9. The summed E-state index contributed by atoms with van der Waals surface area (Å²) in [5.74, 6) is -0.164. The van der Waals surface area contributed by atoms with Gasteiger partial charge in [-0.1, -0.05) is 18.2 Å². The molecule has 1 saturated heterocycles. The van der Waals surface area contributed by atoms with E-state index in [-0.39, 0.29) is 5.91 Å². The van der Waals surface area contributed by atoms with Gasteiger partial charge in [0.05, 0.1) is 6.04 Å². The highest BCUT2D eigenvalue weighted by Crippen LogP contribution is 2.16. The fraction of sp³-hybridized carbons (Fsp3) is 0.438. The Morgan fingerprint density at radius 1 is 1.45 bits per heavy atom. The van der Waals surface area contributed by atoms with Gasteiger partial charge in [-0.15, -0.1) is 6.58 Å². The normalized spacial score (nSPS) is 16.9. The van der Waals surface area contributed by atoms with Crippen LogP contribution in [0.15, 0.2) is 36.9 Å². The van der Waals surface area contributed by atoms with Crippen molar-refractivity contribution in [1.82, 2.24) is 4.90 Å². The third-order valence-electron chi connectivity index (χ3n) is 3.56. The number of nitrogens with one attached hydrogen (secondary N) is 1. The Labute approximate surface area is 120 Å². The zero-order chi connectivity index (χ0) is 14.4. The van der Waals surface area contributed by atoms with Crippen LogP contribution in [0, 0.1) is 0 Å². The van der Waals surface area contributed by atoms with Gasteiger partial charge in [0.15, 0.2) is 0 Å². The van der Waals surface area contributed by atoms with Gasteiger partial charge in [-0.25, -0.2) is 0 Å². The number of carbonyl (C=O) groups excluding carboxylic acids is 1. The number of rotatable bonds is 6. The molecule has 1 atom stereocenters. The zero-order valence-electron chi connectivity index (χ0n) is 11.8. The van der Waals surface area contributed by atoms with Gasteiger partial charge in [-0.05, 0) is 50.0 Å². The van der Waals surface area contributed by atoms with Crippen molar-refractivity contribution in [2.24, 2.45) is 5.73 Å². The van der Waals surface area contributed by atoms with Crippen LogP contribution in [0.5, 0.6) is 0 Å². The minimum Gasteiger partial charge on any atom is -0.325 e. The van der Waals surface area contributed by atoms with Crippen LogP contribution >= 0.6 is 0 Å². The Balaban J connectivity index is 1.94. The van der Waals surface area contributed by atoms with Crippen molar-refractivity contribution in [1.29, 1.82) is 0 Å². The number of anilines is 1. The summed E-state index contributed by atoms with van der Waals surface area (Å²) < 4.78 is 0. The Kier molecular flexibility index (Phi) is 5.32. The number of nitrogens with zero attached hydrogens (tertiary/aromatic N) is 1. The molecule has 1 aliphatic heterocycles. The van der Waals surface area contributed by atoms with E-state index in [1.807, 2.05) is 18.2 Å². The number of amides is 1. The highest BCUT2D eigenvalue weighted by Gasteiger charge is 2.13. The molecule has 1 heterocycles. The van der Waals surface area contributed by atoms with Crippen LogP contribution in [-0.4, -0.2) is 29.9 Å². The highest BCUT2D eigenvalue weighted by molar-refractivity contribution is 5.94. The second kappa shape index (κ2) is 7.22. The van der Waals surface area contributed by atoms with E-state index in [0.717, 1.165) is 12.2 Å². The molecule has 1 aliphatic rings. The van der Waals surface area contributed by atoms with Crippen molar-refractivity contribution in [2.45, 2.75) is 31.8 Å². The first-order valence-electron chi connectivity index (χ1n) is 7.17. The second-order valence-corrected chi connectivity index (χ2v) is 5.30. The van der Waals surface area contributed by atoms with Gasteiger partial charge in [0, 0.05) is 12.2 Å². The Morgan fingerprint density at radius 3 is 2.90 bits per heavy atom. The van der Waals surface area contributed by atoms with Crippen LogP contribution in [0.4, 0.5) is 5.69 Å². The number of hydrogen-bond donors (Lipinski definition) is 2. The molecule has 3 N–H and O–H groups in total. The number of likely N-dealkylation sites (tertiary alicyclic amines) is 1. The number of nitrogens with two attached hydrogens (primary N) is 1. The predicted molar refractivity (Wildman–Crippen MR) is 82.4 cm³/mol. The number of hydrogen-bond acceptors (Lipinski definition) is 3.